The number of ether oxygens (including phenoxy) is 3. The van der Waals surface area contributed by atoms with Gasteiger partial charge in [0.05, 0.1) is 6.20 Å². The molecule has 1 saturated heterocycles. The van der Waals surface area contributed by atoms with Gasteiger partial charge in [0, 0.05) is 44.1 Å². The fraction of sp³-hybridized carbons (Fsp3) is 0.571. The van der Waals surface area contributed by atoms with Crippen LogP contribution in [0.25, 0.3) is 0 Å². The van der Waals surface area contributed by atoms with Crippen LogP contribution in [0, 0.1) is 10.1 Å². The maximum absolute atomic E-state index is 12.2. The van der Waals surface area contributed by atoms with E-state index >= 15 is 0 Å². The number of aromatic nitrogens is 3. The number of carbonyl (C=O) groups excluding carboxylic acids is 1. The van der Waals surface area contributed by atoms with Crippen molar-refractivity contribution in [2.75, 3.05) is 37.7 Å². The van der Waals surface area contributed by atoms with Crippen LogP contribution in [-0.4, -0.2) is 74.9 Å². The Morgan fingerprint density at radius 1 is 1.24 bits per heavy atom. The molecule has 2 aliphatic heterocycles. The summed E-state index contributed by atoms with van der Waals surface area (Å²) in [5, 5.41) is 10.9. The second-order valence-electron chi connectivity index (χ2n) is 8.98. The molecule has 1 atom stereocenters. The summed E-state index contributed by atoms with van der Waals surface area (Å²) in [5.74, 6) is 1.20. The lowest BCUT2D eigenvalue weighted by atomic mass is 10.2. The van der Waals surface area contributed by atoms with E-state index in [1.54, 1.807) is 15.7 Å². The average molecular weight is 460 g/mol. The third kappa shape index (κ3) is 5.62. The highest BCUT2D eigenvalue weighted by Crippen LogP contribution is 2.25. The molecule has 178 valence electrons. The average Bonchev–Trinajstić information content (AvgIpc) is 3.21. The van der Waals surface area contributed by atoms with Crippen LogP contribution in [0.4, 0.5) is 16.4 Å². The molecule has 0 spiro atoms. The van der Waals surface area contributed by atoms with Crippen molar-refractivity contribution >= 4 is 17.7 Å². The molecule has 0 bridgehead atoms. The number of hydrogen-bond acceptors (Lipinski definition) is 9. The molecule has 2 aromatic rings. The highest BCUT2D eigenvalue weighted by atomic mass is 16.6. The molecule has 2 aromatic heterocycles. The van der Waals surface area contributed by atoms with Crippen LogP contribution in [0.5, 0.6) is 11.8 Å². The lowest BCUT2D eigenvalue weighted by Gasteiger charge is -2.36. The smallest absolute Gasteiger partial charge is 0.414 e. The summed E-state index contributed by atoms with van der Waals surface area (Å²) in [6.45, 7) is 8.92. The number of hydrogen-bond donors (Lipinski definition) is 0. The van der Waals surface area contributed by atoms with E-state index < -0.39 is 10.5 Å². The number of fused-ring (bicyclic) bond motifs is 1. The lowest BCUT2D eigenvalue weighted by molar-refractivity contribution is -0.389. The Bertz CT molecular complexity index is 994. The molecule has 1 unspecified atom stereocenters. The predicted octanol–water partition coefficient (Wildman–Crippen LogP) is 2.47. The molecule has 4 heterocycles. The number of imidazole rings is 1. The minimum atomic E-state index is -0.537. The minimum Gasteiger partial charge on any atom is -0.488 e. The van der Waals surface area contributed by atoms with Gasteiger partial charge in [-0.3, -0.25) is 4.57 Å². The Kier molecular flexibility index (Phi) is 6.25. The summed E-state index contributed by atoms with van der Waals surface area (Å²) in [6, 6.07) is 3.97. The molecule has 0 saturated carbocycles. The van der Waals surface area contributed by atoms with Gasteiger partial charge in [-0.1, -0.05) is 0 Å². The second-order valence-corrected chi connectivity index (χ2v) is 8.98. The Morgan fingerprint density at radius 2 is 2.00 bits per heavy atom. The number of amides is 1. The maximum atomic E-state index is 12.2. The van der Waals surface area contributed by atoms with E-state index in [0.717, 1.165) is 5.82 Å². The number of pyridine rings is 1. The van der Waals surface area contributed by atoms with Gasteiger partial charge in [-0.05, 0) is 37.8 Å². The van der Waals surface area contributed by atoms with Gasteiger partial charge in [-0.2, -0.15) is 0 Å². The summed E-state index contributed by atoms with van der Waals surface area (Å²) < 4.78 is 18.6. The largest absolute Gasteiger partial charge is 0.488 e. The molecule has 12 heteroatoms. The zero-order valence-corrected chi connectivity index (χ0v) is 19.0. The molecule has 1 amide bonds. The Labute approximate surface area is 191 Å². The Balaban J connectivity index is 1.25. The molecule has 0 aromatic carbocycles. The van der Waals surface area contributed by atoms with E-state index in [1.165, 1.54) is 6.20 Å². The second kappa shape index (κ2) is 9.12. The van der Waals surface area contributed by atoms with Crippen molar-refractivity contribution in [3.63, 3.8) is 0 Å². The summed E-state index contributed by atoms with van der Waals surface area (Å²) in [5.41, 5.74) is -0.507. The van der Waals surface area contributed by atoms with Crippen LogP contribution in [0.1, 0.15) is 27.2 Å². The molecule has 0 radical (unpaired) electrons. The fourth-order valence-corrected chi connectivity index (χ4v) is 3.62. The van der Waals surface area contributed by atoms with Crippen molar-refractivity contribution in [2.24, 2.45) is 0 Å². The van der Waals surface area contributed by atoms with Gasteiger partial charge in [-0.25, -0.2) is 9.78 Å². The van der Waals surface area contributed by atoms with Crippen LogP contribution >= 0.6 is 0 Å². The molecule has 0 aliphatic carbocycles. The summed E-state index contributed by atoms with van der Waals surface area (Å²) in [7, 11) is 0. The van der Waals surface area contributed by atoms with Gasteiger partial charge in [-0.15, -0.1) is 0 Å². The van der Waals surface area contributed by atoms with Gasteiger partial charge in [0.25, 0.3) is 0 Å². The van der Waals surface area contributed by atoms with E-state index in [1.807, 2.05) is 32.9 Å². The van der Waals surface area contributed by atoms with E-state index in [9.17, 15) is 14.9 Å². The maximum Gasteiger partial charge on any atom is 0.414 e. The standard InChI is InChI=1S/C21H28N6O6/c1-21(2,3)33-20(28)25-10-8-24(9-11-25)17-5-4-15(12-22-17)31-14-16-6-7-26-13-18(27(29)30)23-19(26)32-16/h4-5,12-13,16H,6-11,14H2,1-3H3. The van der Waals surface area contributed by atoms with Crippen LogP contribution in [-0.2, 0) is 11.3 Å². The Hall–Kier alpha value is -3.57. The molecular weight excluding hydrogens is 432 g/mol. The zero-order valence-electron chi connectivity index (χ0n) is 19.0. The fourth-order valence-electron chi connectivity index (χ4n) is 3.62. The zero-order chi connectivity index (χ0) is 23.6. The molecule has 1 fully saturated rings. The topological polar surface area (TPSA) is 125 Å². The van der Waals surface area contributed by atoms with Crippen molar-refractivity contribution in [1.29, 1.82) is 0 Å². The predicted molar refractivity (Wildman–Crippen MR) is 118 cm³/mol. The number of nitro groups is 1. The third-order valence-electron chi connectivity index (χ3n) is 5.29. The summed E-state index contributed by atoms with van der Waals surface area (Å²) in [6.07, 6.45) is 3.15. The molecule has 0 N–H and O–H groups in total. The van der Waals surface area contributed by atoms with Crippen molar-refractivity contribution in [3.8, 4) is 11.8 Å². The van der Waals surface area contributed by atoms with Gasteiger partial charge in [0.15, 0.2) is 0 Å². The van der Waals surface area contributed by atoms with Gasteiger partial charge < -0.3 is 34.1 Å². The number of aryl methyl sites for hydroxylation is 1. The van der Waals surface area contributed by atoms with Gasteiger partial charge >= 0.3 is 17.9 Å². The van der Waals surface area contributed by atoms with Crippen molar-refractivity contribution in [1.82, 2.24) is 19.4 Å². The first-order chi connectivity index (χ1) is 15.7. The van der Waals surface area contributed by atoms with Crippen LogP contribution < -0.4 is 14.4 Å². The van der Waals surface area contributed by atoms with Crippen LogP contribution in [0.15, 0.2) is 24.5 Å². The van der Waals surface area contributed by atoms with Crippen LogP contribution in [0.3, 0.4) is 0 Å². The molecule has 33 heavy (non-hydrogen) atoms. The number of anilines is 1. The normalized spacial score (nSPS) is 18.3. The molecule has 4 rings (SSSR count). The first kappa shape index (κ1) is 22.6. The Morgan fingerprint density at radius 3 is 2.64 bits per heavy atom. The summed E-state index contributed by atoms with van der Waals surface area (Å²) in [4.78, 5) is 34.7. The number of piperazine rings is 1. The lowest BCUT2D eigenvalue weighted by Crippen LogP contribution is -2.50. The third-order valence-corrected chi connectivity index (χ3v) is 5.29. The van der Waals surface area contributed by atoms with Gasteiger partial charge in [0.1, 0.15) is 36.1 Å². The molecule has 2 aliphatic rings. The summed E-state index contributed by atoms with van der Waals surface area (Å²) >= 11 is 0. The van der Waals surface area contributed by atoms with Crippen molar-refractivity contribution < 1.29 is 23.9 Å². The van der Waals surface area contributed by atoms with E-state index in [-0.39, 0.29) is 30.6 Å². The number of nitrogens with zero attached hydrogens (tertiary/aromatic N) is 6. The monoisotopic (exact) mass is 460 g/mol. The highest BCUT2D eigenvalue weighted by Gasteiger charge is 2.29. The number of carbonyl (C=O) groups is 1. The minimum absolute atomic E-state index is 0.224. The SMILES string of the molecule is CC(C)(C)OC(=O)N1CCN(c2ccc(OCC3CCn4cc([N+](=O)[O-])nc4O3)cn2)CC1. The highest BCUT2D eigenvalue weighted by molar-refractivity contribution is 5.68. The van der Waals surface area contributed by atoms with Crippen LogP contribution in [0.2, 0.25) is 0 Å². The molecule has 12 nitrogen and oxygen atoms in total. The van der Waals surface area contributed by atoms with Crippen molar-refractivity contribution in [2.45, 2.75) is 45.4 Å². The molecular formula is C21H28N6O6. The first-order valence-corrected chi connectivity index (χ1v) is 10.9. The first-order valence-electron chi connectivity index (χ1n) is 10.9. The quantitative estimate of drug-likeness (QED) is 0.489. The van der Waals surface area contributed by atoms with Crippen molar-refractivity contribution in [3.05, 3.63) is 34.6 Å². The van der Waals surface area contributed by atoms with E-state index in [2.05, 4.69) is 14.9 Å². The number of rotatable bonds is 5. The van der Waals surface area contributed by atoms with Gasteiger partial charge in [0.2, 0.25) is 0 Å². The van der Waals surface area contributed by atoms with E-state index in [0.29, 0.717) is 44.9 Å². The van der Waals surface area contributed by atoms with E-state index in [4.69, 9.17) is 14.2 Å².